The molecule has 1 saturated heterocycles. The molecule has 9 heteroatoms. The molecular weight excluding hydrogens is 445 g/mol. The second kappa shape index (κ2) is 10.8. The minimum Gasteiger partial charge on any atom is -0.393 e. The third-order valence-corrected chi connectivity index (χ3v) is 5.33. The van der Waals surface area contributed by atoms with Crippen LogP contribution in [0.2, 0.25) is 5.02 Å². The number of benzene rings is 2. The Kier molecular flexibility index (Phi) is 8.69. The molecule has 0 aliphatic carbocycles. The monoisotopic (exact) mass is 470 g/mol. The lowest BCUT2D eigenvalue weighted by Crippen LogP contribution is -2.47. The number of piperidine rings is 1. The van der Waals surface area contributed by atoms with Crippen molar-refractivity contribution in [2.24, 2.45) is 0 Å². The Morgan fingerprint density at radius 1 is 1.12 bits per heavy atom. The van der Waals surface area contributed by atoms with E-state index in [4.69, 9.17) is 11.6 Å². The van der Waals surface area contributed by atoms with Gasteiger partial charge in [-0.05, 0) is 61.7 Å². The van der Waals surface area contributed by atoms with Crippen LogP contribution in [0.4, 0.5) is 18.9 Å². The molecule has 0 aromatic heterocycles. The van der Waals surface area contributed by atoms with Gasteiger partial charge in [-0.25, -0.2) is 4.39 Å². The van der Waals surface area contributed by atoms with E-state index in [2.05, 4.69) is 5.32 Å². The number of amides is 2. The first-order valence-corrected chi connectivity index (χ1v) is 10.7. The molecule has 3 rings (SSSR count). The number of hydrogen-bond donors (Lipinski definition) is 2. The zero-order valence-electron chi connectivity index (χ0n) is 18.1. The topological polar surface area (TPSA) is 69.6 Å². The Labute approximate surface area is 190 Å². The predicted octanol–water partition coefficient (Wildman–Crippen LogP) is 5.14. The summed E-state index contributed by atoms with van der Waals surface area (Å²) >= 11 is 5.93. The number of hydrogen-bond acceptors (Lipinski definition) is 3. The van der Waals surface area contributed by atoms with E-state index in [1.165, 1.54) is 31.2 Å². The number of nitrogens with one attached hydrogen (secondary N) is 1. The average Bonchev–Trinajstić information content (AvgIpc) is 2.78. The summed E-state index contributed by atoms with van der Waals surface area (Å²) in [4.78, 5) is 25.9. The average molecular weight is 471 g/mol. The standard InChI is InChI=1S/C21H20ClF3N2O3.C2H6/c1-12-10-14(3-5-18(12)23)26-19(29)13-2-4-17(22)16(11-13)21(24,25)20(30)27-8-6-15(28)7-9-27;1-2/h2-5,10-11,15,28H,6-9H2,1H3,(H,26,29);1-2H3. The number of aryl methyl sites for hydroxylation is 1. The lowest BCUT2D eigenvalue weighted by molar-refractivity contribution is -0.161. The third kappa shape index (κ3) is 5.81. The molecule has 0 radical (unpaired) electrons. The number of halogens is 4. The molecule has 0 unspecified atom stereocenters. The quantitative estimate of drug-likeness (QED) is 0.650. The van der Waals surface area contributed by atoms with Gasteiger partial charge in [0, 0.05) is 24.3 Å². The molecule has 2 amide bonds. The summed E-state index contributed by atoms with van der Waals surface area (Å²) in [6.07, 6.45) is -0.183. The zero-order chi connectivity index (χ0) is 24.1. The highest BCUT2D eigenvalue weighted by molar-refractivity contribution is 6.32. The SMILES string of the molecule is CC.Cc1cc(NC(=O)c2ccc(Cl)c(C(F)(F)C(=O)N3CCC(O)CC3)c2)ccc1F. The Morgan fingerprint density at radius 3 is 2.34 bits per heavy atom. The normalized spacial score (nSPS) is 14.4. The van der Waals surface area contributed by atoms with Crippen LogP contribution < -0.4 is 5.32 Å². The predicted molar refractivity (Wildman–Crippen MR) is 118 cm³/mol. The largest absolute Gasteiger partial charge is 0.393 e. The van der Waals surface area contributed by atoms with Crippen molar-refractivity contribution >= 4 is 29.1 Å². The fourth-order valence-corrected chi connectivity index (χ4v) is 3.45. The van der Waals surface area contributed by atoms with E-state index in [0.717, 1.165) is 17.0 Å². The van der Waals surface area contributed by atoms with Crippen LogP contribution in [0.3, 0.4) is 0 Å². The molecule has 2 aromatic carbocycles. The van der Waals surface area contributed by atoms with Gasteiger partial charge in [0.25, 0.3) is 11.8 Å². The zero-order valence-corrected chi connectivity index (χ0v) is 18.8. The first-order chi connectivity index (χ1) is 15.1. The molecule has 32 heavy (non-hydrogen) atoms. The maximum atomic E-state index is 14.9. The molecule has 0 atom stereocenters. The van der Waals surface area contributed by atoms with Crippen molar-refractivity contribution in [2.75, 3.05) is 18.4 Å². The number of likely N-dealkylation sites (tertiary alicyclic amines) is 1. The minimum atomic E-state index is -3.94. The van der Waals surface area contributed by atoms with E-state index < -0.39 is 35.2 Å². The highest BCUT2D eigenvalue weighted by Gasteiger charge is 2.46. The van der Waals surface area contributed by atoms with Crippen molar-refractivity contribution in [3.8, 4) is 0 Å². The van der Waals surface area contributed by atoms with Crippen LogP contribution in [0.15, 0.2) is 36.4 Å². The number of alkyl halides is 2. The van der Waals surface area contributed by atoms with Crippen LogP contribution >= 0.6 is 11.6 Å². The Balaban J connectivity index is 0.00000176. The van der Waals surface area contributed by atoms with Gasteiger partial charge in [0.05, 0.1) is 16.7 Å². The molecule has 1 heterocycles. The van der Waals surface area contributed by atoms with E-state index >= 15 is 0 Å². The molecule has 0 bridgehead atoms. The minimum absolute atomic E-state index is 0.0112. The van der Waals surface area contributed by atoms with E-state index in [-0.39, 0.29) is 36.5 Å². The summed E-state index contributed by atoms with van der Waals surface area (Å²) < 4.78 is 43.3. The first-order valence-electron chi connectivity index (χ1n) is 10.3. The van der Waals surface area contributed by atoms with Crippen LogP contribution in [-0.2, 0) is 10.7 Å². The van der Waals surface area contributed by atoms with Gasteiger partial charge < -0.3 is 15.3 Å². The fraction of sp³-hybridized carbons (Fsp3) is 0.391. The lowest BCUT2D eigenvalue weighted by atomic mass is 10.0. The van der Waals surface area contributed by atoms with Crippen LogP contribution in [0, 0.1) is 12.7 Å². The van der Waals surface area contributed by atoms with Crippen LogP contribution in [0.25, 0.3) is 0 Å². The first kappa shape index (κ1) is 25.7. The molecule has 1 fully saturated rings. The third-order valence-electron chi connectivity index (χ3n) is 5.00. The number of rotatable bonds is 4. The number of aliphatic hydroxyl groups is 1. The van der Waals surface area contributed by atoms with Crippen molar-refractivity contribution in [1.82, 2.24) is 4.90 Å². The van der Waals surface area contributed by atoms with Crippen molar-refractivity contribution < 1.29 is 27.9 Å². The fourth-order valence-electron chi connectivity index (χ4n) is 3.22. The summed E-state index contributed by atoms with van der Waals surface area (Å²) in [5, 5.41) is 11.7. The van der Waals surface area contributed by atoms with Gasteiger partial charge in [-0.1, -0.05) is 25.4 Å². The molecule has 174 valence electrons. The molecule has 5 nitrogen and oxygen atoms in total. The van der Waals surface area contributed by atoms with Crippen molar-refractivity contribution in [3.05, 3.63) is 63.9 Å². The summed E-state index contributed by atoms with van der Waals surface area (Å²) in [7, 11) is 0. The Morgan fingerprint density at radius 2 is 1.75 bits per heavy atom. The summed E-state index contributed by atoms with van der Waals surface area (Å²) in [6, 6.07) is 7.20. The second-order valence-corrected chi connectivity index (χ2v) is 7.62. The van der Waals surface area contributed by atoms with Gasteiger partial charge in [0.15, 0.2) is 0 Å². The Bertz CT molecular complexity index is 977. The van der Waals surface area contributed by atoms with Crippen molar-refractivity contribution in [2.45, 2.75) is 45.6 Å². The number of aliphatic hydroxyl groups excluding tert-OH is 1. The van der Waals surface area contributed by atoms with Crippen LogP contribution in [0.5, 0.6) is 0 Å². The van der Waals surface area contributed by atoms with Crippen molar-refractivity contribution in [3.63, 3.8) is 0 Å². The summed E-state index contributed by atoms with van der Waals surface area (Å²) in [5.41, 5.74) is -0.292. The molecule has 1 aliphatic rings. The van der Waals surface area contributed by atoms with Crippen LogP contribution in [0.1, 0.15) is 48.2 Å². The number of nitrogens with zero attached hydrogens (tertiary/aromatic N) is 1. The lowest BCUT2D eigenvalue weighted by Gasteiger charge is -2.32. The van der Waals surface area contributed by atoms with E-state index in [9.17, 15) is 27.9 Å². The maximum Gasteiger partial charge on any atom is 0.351 e. The van der Waals surface area contributed by atoms with Crippen molar-refractivity contribution in [1.29, 1.82) is 0 Å². The van der Waals surface area contributed by atoms with Gasteiger partial charge in [-0.3, -0.25) is 9.59 Å². The molecule has 0 saturated carbocycles. The molecule has 2 aromatic rings. The molecule has 1 aliphatic heterocycles. The van der Waals surface area contributed by atoms with Crippen LogP contribution in [-0.4, -0.2) is 41.0 Å². The second-order valence-electron chi connectivity index (χ2n) is 7.21. The number of carbonyl (C=O) groups is 2. The van der Waals surface area contributed by atoms with Gasteiger partial charge in [0.1, 0.15) is 5.82 Å². The van der Waals surface area contributed by atoms with Gasteiger partial charge in [-0.15, -0.1) is 0 Å². The van der Waals surface area contributed by atoms with Gasteiger partial charge in [-0.2, -0.15) is 8.78 Å². The Hall–Kier alpha value is -2.58. The van der Waals surface area contributed by atoms with Gasteiger partial charge >= 0.3 is 5.92 Å². The summed E-state index contributed by atoms with van der Waals surface area (Å²) in [5.74, 6) is -6.52. The maximum absolute atomic E-state index is 14.9. The van der Waals surface area contributed by atoms with E-state index in [1.807, 2.05) is 13.8 Å². The number of anilines is 1. The van der Waals surface area contributed by atoms with E-state index in [0.29, 0.717) is 11.3 Å². The molecular formula is C23H26ClF3N2O3. The molecule has 0 spiro atoms. The molecule has 2 N–H and O–H groups in total. The summed E-state index contributed by atoms with van der Waals surface area (Å²) in [6.45, 7) is 5.55. The number of carbonyl (C=O) groups excluding carboxylic acids is 2. The highest BCUT2D eigenvalue weighted by atomic mass is 35.5. The van der Waals surface area contributed by atoms with E-state index in [1.54, 1.807) is 0 Å². The highest BCUT2D eigenvalue weighted by Crippen LogP contribution is 2.36. The smallest absolute Gasteiger partial charge is 0.351 e. The van der Waals surface area contributed by atoms with Gasteiger partial charge in [0.2, 0.25) is 0 Å².